The van der Waals surface area contributed by atoms with Crippen LogP contribution in [0, 0.1) is 17.6 Å². The van der Waals surface area contributed by atoms with Gasteiger partial charge in [-0.15, -0.1) is 11.3 Å². The van der Waals surface area contributed by atoms with Gasteiger partial charge in [0.2, 0.25) is 5.95 Å². The molecule has 0 bridgehead atoms. The number of nitrogens with one attached hydrogen (secondary N) is 1. The van der Waals surface area contributed by atoms with Crippen molar-refractivity contribution < 1.29 is 47.2 Å². The van der Waals surface area contributed by atoms with Gasteiger partial charge in [-0.1, -0.05) is 17.7 Å². The van der Waals surface area contributed by atoms with Crippen LogP contribution in [0.1, 0.15) is 51.1 Å². The van der Waals surface area contributed by atoms with Crippen LogP contribution in [-0.4, -0.2) is 86.5 Å². The average Bonchev–Trinajstić information content (AvgIpc) is 3.85. The number of piperidine rings is 1. The van der Waals surface area contributed by atoms with E-state index in [1.165, 1.54) is 30.7 Å². The summed E-state index contributed by atoms with van der Waals surface area (Å²) < 4.78 is 56.5. The highest BCUT2D eigenvalue weighted by atomic mass is 35.5. The monoisotopic (exact) mass is 889 g/mol. The van der Waals surface area contributed by atoms with E-state index in [4.69, 9.17) is 45.3 Å². The number of hydrogen-bond donors (Lipinski definition) is 2. The fourth-order valence-corrected chi connectivity index (χ4v) is 8.37. The minimum absolute atomic E-state index is 0.0797. The van der Waals surface area contributed by atoms with Gasteiger partial charge in [-0.2, -0.15) is 0 Å². The van der Waals surface area contributed by atoms with Gasteiger partial charge >= 0.3 is 11.9 Å². The maximum absolute atomic E-state index is 14.9. The fraction of sp³-hybridized carbons (Fsp3) is 0.302. The molecule has 2 aromatic heterocycles. The summed E-state index contributed by atoms with van der Waals surface area (Å²) in [6.07, 6.45) is 3.99. The van der Waals surface area contributed by atoms with Crippen molar-refractivity contribution in [2.75, 3.05) is 58.4 Å². The zero-order chi connectivity index (χ0) is 44.1. The molecule has 1 atom stereocenters. The number of halogens is 3. The molecule has 4 heterocycles. The van der Waals surface area contributed by atoms with Crippen LogP contribution in [0.15, 0.2) is 82.6 Å². The third-order valence-electron chi connectivity index (χ3n) is 10.7. The van der Waals surface area contributed by atoms with E-state index in [1.807, 2.05) is 21.9 Å². The van der Waals surface area contributed by atoms with Crippen LogP contribution in [0.25, 0.3) is 0 Å². The maximum Gasteiger partial charge on any atom is 0.356 e. The summed E-state index contributed by atoms with van der Waals surface area (Å²) in [5, 5.41) is 15.7. The number of methoxy groups -OCH3 is 5. The summed E-state index contributed by atoms with van der Waals surface area (Å²) in [4.78, 5) is 48.8. The molecule has 0 aliphatic carbocycles. The van der Waals surface area contributed by atoms with E-state index < -0.39 is 34.6 Å². The van der Waals surface area contributed by atoms with E-state index in [0.29, 0.717) is 65.5 Å². The molecule has 19 heteroatoms. The van der Waals surface area contributed by atoms with Crippen molar-refractivity contribution in [3.8, 4) is 23.0 Å². The van der Waals surface area contributed by atoms with E-state index >= 15 is 0 Å². The number of aromatic carboxylic acids is 1. The molecule has 5 aromatic rings. The van der Waals surface area contributed by atoms with Crippen LogP contribution in [0.2, 0.25) is 5.02 Å². The lowest BCUT2D eigenvalue weighted by molar-refractivity contribution is -0.136. The lowest BCUT2D eigenvalue weighted by Gasteiger charge is -2.37. The Morgan fingerprint density at radius 1 is 0.919 bits per heavy atom. The SMILES string of the molecule is COC(=O)C1=C(C2CCN(c3ncc(N(Cc4ccc(OC)cc4OC)Cc4ccc(OC)cc4OC)c(C(=O)O)n3)CC2)NC(c2nccs2)=NC1c1ccc(F)c(F)c1Cl. The number of aliphatic imine (C=N–C) groups is 1. The molecular formula is C43H42ClF2N7O8S. The molecule has 1 unspecified atom stereocenters. The first-order chi connectivity index (χ1) is 30.0. The predicted octanol–water partition coefficient (Wildman–Crippen LogP) is 7.24. The second-order valence-corrected chi connectivity index (χ2v) is 15.4. The zero-order valence-electron chi connectivity index (χ0n) is 34.3. The Labute approximate surface area is 364 Å². The number of rotatable bonds is 15. The number of thiazole rings is 1. The van der Waals surface area contributed by atoms with Gasteiger partial charge in [-0.05, 0) is 43.2 Å². The van der Waals surface area contributed by atoms with Gasteiger partial charge in [0.1, 0.15) is 29.0 Å². The molecule has 1 saturated heterocycles. The molecule has 324 valence electrons. The smallest absolute Gasteiger partial charge is 0.356 e. The number of carbonyl (C=O) groups is 2. The van der Waals surface area contributed by atoms with E-state index in [0.717, 1.165) is 17.2 Å². The summed E-state index contributed by atoms with van der Waals surface area (Å²) in [5.74, 6) is -1.91. The topological polar surface area (TPSA) is 170 Å². The number of carbonyl (C=O) groups excluding carboxylic acids is 1. The summed E-state index contributed by atoms with van der Waals surface area (Å²) >= 11 is 7.66. The molecule has 62 heavy (non-hydrogen) atoms. The Kier molecular flexibility index (Phi) is 13.4. The molecule has 2 aliphatic heterocycles. The first kappa shape index (κ1) is 43.6. The van der Waals surface area contributed by atoms with Crippen LogP contribution in [0.5, 0.6) is 23.0 Å². The molecule has 15 nitrogen and oxygen atoms in total. The summed E-state index contributed by atoms with van der Waals surface area (Å²) in [5.41, 5.74) is 2.17. The fourth-order valence-electron chi connectivity index (χ4n) is 7.53. The van der Waals surface area contributed by atoms with Crippen molar-refractivity contribution in [3.05, 3.63) is 122 Å². The summed E-state index contributed by atoms with van der Waals surface area (Å²) in [6.45, 7) is 1.12. The van der Waals surface area contributed by atoms with Gasteiger partial charge in [-0.3, -0.25) is 4.99 Å². The predicted molar refractivity (Wildman–Crippen MR) is 228 cm³/mol. The van der Waals surface area contributed by atoms with Crippen molar-refractivity contribution in [3.63, 3.8) is 0 Å². The molecule has 7 rings (SSSR count). The largest absolute Gasteiger partial charge is 0.497 e. The number of amidine groups is 1. The van der Waals surface area contributed by atoms with Gasteiger partial charge in [0, 0.05) is 78.2 Å². The number of carboxylic acids is 1. The van der Waals surface area contributed by atoms with Crippen molar-refractivity contribution in [2.24, 2.45) is 10.9 Å². The number of hydrogen-bond acceptors (Lipinski definition) is 15. The van der Waals surface area contributed by atoms with E-state index in [9.17, 15) is 23.5 Å². The van der Waals surface area contributed by atoms with Gasteiger partial charge in [-0.25, -0.2) is 33.3 Å². The Hall–Kier alpha value is -6.53. The minimum Gasteiger partial charge on any atom is -0.497 e. The van der Waals surface area contributed by atoms with Crippen LogP contribution >= 0.6 is 22.9 Å². The quantitative estimate of drug-likeness (QED) is 0.0797. The molecule has 1 fully saturated rings. The van der Waals surface area contributed by atoms with Gasteiger partial charge < -0.3 is 43.9 Å². The molecule has 2 N–H and O–H groups in total. The number of carboxylic acid groups (broad SMARTS) is 1. The summed E-state index contributed by atoms with van der Waals surface area (Å²) in [7, 11) is 7.43. The third kappa shape index (κ3) is 8.92. The molecule has 3 aromatic carbocycles. The van der Waals surface area contributed by atoms with Crippen LogP contribution in [-0.2, 0) is 22.6 Å². The number of allylic oxidation sites excluding steroid dienone is 1. The van der Waals surface area contributed by atoms with Crippen LogP contribution in [0.4, 0.5) is 20.4 Å². The van der Waals surface area contributed by atoms with Crippen LogP contribution < -0.4 is 34.1 Å². The van der Waals surface area contributed by atoms with Gasteiger partial charge in [0.05, 0.1) is 58.0 Å². The molecule has 0 amide bonds. The number of nitrogens with zero attached hydrogens (tertiary/aromatic N) is 6. The Morgan fingerprint density at radius 2 is 1.56 bits per heavy atom. The van der Waals surface area contributed by atoms with Gasteiger partial charge in [0.15, 0.2) is 28.2 Å². The Bertz CT molecular complexity index is 2480. The first-order valence-corrected chi connectivity index (χ1v) is 20.5. The molecule has 0 spiro atoms. The highest BCUT2D eigenvalue weighted by molar-refractivity contribution is 7.11. The number of esters is 1. The van der Waals surface area contributed by atoms with E-state index in [1.54, 1.807) is 64.3 Å². The van der Waals surface area contributed by atoms with Crippen molar-refractivity contribution in [2.45, 2.75) is 32.0 Å². The molecule has 2 aliphatic rings. The molecule has 0 radical (unpaired) electrons. The highest BCUT2D eigenvalue weighted by Crippen LogP contribution is 2.41. The van der Waals surface area contributed by atoms with E-state index in [2.05, 4.69) is 15.3 Å². The number of benzene rings is 3. The Morgan fingerprint density at radius 3 is 2.11 bits per heavy atom. The Balaban J connectivity index is 1.21. The second-order valence-electron chi connectivity index (χ2n) is 14.1. The lowest BCUT2D eigenvalue weighted by atomic mass is 9.85. The molecule has 0 saturated carbocycles. The standard InChI is InChI=1S/C43H42ClF2N7O8S/c1-57-26-8-6-24(31(18-26)59-3)21-53(22-25-7-9-27(58-2)19-32(25)60-4)30-20-48-43(51-38(30)41(54)55)52-15-12-23(13-16-52)36-33(42(56)61-5)37(28-10-11-29(45)35(46)34(28)44)50-39(49-36)40-47-14-17-62-40/h6-11,14,17-20,23,37H,12-13,15-16,21-22H2,1-5H3,(H,49,50)(H,54,55). The number of ether oxygens (including phenoxy) is 5. The third-order valence-corrected chi connectivity index (χ3v) is 11.8. The lowest BCUT2D eigenvalue weighted by Crippen LogP contribution is -2.42. The van der Waals surface area contributed by atoms with Gasteiger partial charge in [0.25, 0.3) is 0 Å². The minimum atomic E-state index is -1.26. The number of aromatic nitrogens is 3. The first-order valence-electron chi connectivity index (χ1n) is 19.2. The normalized spacial score (nSPS) is 15.4. The molecular weight excluding hydrogens is 848 g/mol. The highest BCUT2D eigenvalue weighted by Gasteiger charge is 2.38. The van der Waals surface area contributed by atoms with Crippen molar-refractivity contribution in [1.82, 2.24) is 20.3 Å². The maximum atomic E-state index is 14.9. The van der Waals surface area contributed by atoms with Crippen molar-refractivity contribution >= 4 is 52.3 Å². The van der Waals surface area contributed by atoms with Crippen molar-refractivity contribution in [1.29, 1.82) is 0 Å². The average molecular weight is 890 g/mol. The second kappa shape index (κ2) is 19.0. The van der Waals surface area contributed by atoms with Crippen LogP contribution in [0.3, 0.4) is 0 Å². The summed E-state index contributed by atoms with van der Waals surface area (Å²) in [6, 6.07) is 11.9. The zero-order valence-corrected chi connectivity index (χ0v) is 35.9. The number of anilines is 2. The van der Waals surface area contributed by atoms with E-state index in [-0.39, 0.29) is 47.5 Å².